The number of carbonyl (C=O) groups is 2. The van der Waals surface area contributed by atoms with Crippen molar-refractivity contribution in [2.45, 2.75) is 0 Å². The standard InChI is InChI=1S/C16H12N4O4/c21-15(19-20-24-16(22)13-5-7-17-8-6-13)12-3-1-11(2-4-12)14-9-18-10-23-14/h1-10,20H,(H,19,21). The van der Waals surface area contributed by atoms with E-state index in [2.05, 4.69) is 21.0 Å². The molecule has 2 aromatic heterocycles. The van der Waals surface area contributed by atoms with Gasteiger partial charge in [0.05, 0.1) is 11.8 Å². The van der Waals surface area contributed by atoms with E-state index in [9.17, 15) is 9.59 Å². The van der Waals surface area contributed by atoms with Gasteiger partial charge in [-0.25, -0.2) is 9.78 Å². The highest BCUT2D eigenvalue weighted by Gasteiger charge is 2.09. The van der Waals surface area contributed by atoms with Crippen molar-refractivity contribution in [1.29, 1.82) is 0 Å². The molecule has 0 atom stereocenters. The highest BCUT2D eigenvalue weighted by Crippen LogP contribution is 2.18. The molecular formula is C16H12N4O4. The third-order valence-electron chi connectivity index (χ3n) is 3.09. The molecule has 8 nitrogen and oxygen atoms in total. The van der Waals surface area contributed by atoms with Crippen LogP contribution in [0.15, 0.2) is 65.8 Å². The molecule has 0 fully saturated rings. The average molecular weight is 324 g/mol. The molecule has 2 N–H and O–H groups in total. The first-order valence-electron chi connectivity index (χ1n) is 6.89. The molecule has 8 heteroatoms. The van der Waals surface area contributed by atoms with Crippen molar-refractivity contribution in [3.8, 4) is 11.3 Å². The third-order valence-corrected chi connectivity index (χ3v) is 3.09. The number of pyridine rings is 1. The van der Waals surface area contributed by atoms with E-state index in [1.54, 1.807) is 30.5 Å². The van der Waals surface area contributed by atoms with Gasteiger partial charge in [-0.15, -0.1) is 0 Å². The Bertz CT molecular complexity index is 817. The molecule has 0 saturated carbocycles. The van der Waals surface area contributed by atoms with Crippen LogP contribution in [0.2, 0.25) is 0 Å². The quantitative estimate of drug-likeness (QED) is 0.688. The van der Waals surface area contributed by atoms with Gasteiger partial charge in [-0.2, -0.15) is 0 Å². The zero-order chi connectivity index (χ0) is 16.8. The fourth-order valence-electron chi connectivity index (χ4n) is 1.88. The predicted octanol–water partition coefficient (Wildman–Crippen LogP) is 1.74. The van der Waals surface area contributed by atoms with Crippen LogP contribution in [0.4, 0.5) is 0 Å². The highest BCUT2D eigenvalue weighted by atomic mass is 16.7. The number of oxazole rings is 1. The summed E-state index contributed by atoms with van der Waals surface area (Å²) >= 11 is 0. The molecule has 1 amide bonds. The minimum Gasteiger partial charge on any atom is -0.444 e. The molecule has 0 bridgehead atoms. The number of nitrogens with one attached hydrogen (secondary N) is 2. The summed E-state index contributed by atoms with van der Waals surface area (Å²) in [5.74, 6) is -0.494. The van der Waals surface area contributed by atoms with Gasteiger partial charge in [-0.05, 0) is 24.3 Å². The first kappa shape index (κ1) is 15.4. The number of rotatable bonds is 5. The monoisotopic (exact) mass is 324 g/mol. The maximum Gasteiger partial charge on any atom is 0.358 e. The lowest BCUT2D eigenvalue weighted by Gasteiger charge is -2.07. The Morgan fingerprint density at radius 3 is 2.38 bits per heavy atom. The van der Waals surface area contributed by atoms with Crippen molar-refractivity contribution in [2.75, 3.05) is 0 Å². The molecule has 0 saturated heterocycles. The van der Waals surface area contributed by atoms with Gasteiger partial charge in [-0.1, -0.05) is 17.7 Å². The van der Waals surface area contributed by atoms with Gasteiger partial charge in [0, 0.05) is 23.5 Å². The summed E-state index contributed by atoms with van der Waals surface area (Å²) in [6, 6.07) is 9.65. The Balaban J connectivity index is 1.53. The van der Waals surface area contributed by atoms with Crippen molar-refractivity contribution in [3.63, 3.8) is 0 Å². The summed E-state index contributed by atoms with van der Waals surface area (Å²) in [5, 5.41) is 0. The van der Waals surface area contributed by atoms with Crippen LogP contribution >= 0.6 is 0 Å². The number of hydrogen-bond acceptors (Lipinski definition) is 7. The molecule has 0 aliphatic rings. The molecule has 24 heavy (non-hydrogen) atoms. The van der Waals surface area contributed by atoms with Crippen molar-refractivity contribution in [2.24, 2.45) is 0 Å². The molecule has 1 aromatic carbocycles. The van der Waals surface area contributed by atoms with Gasteiger partial charge in [-0.3, -0.25) is 15.2 Å². The van der Waals surface area contributed by atoms with Gasteiger partial charge >= 0.3 is 5.97 Å². The molecule has 0 radical (unpaired) electrons. The molecule has 0 unspecified atom stereocenters. The zero-order valence-electron chi connectivity index (χ0n) is 12.3. The number of amides is 1. The Morgan fingerprint density at radius 1 is 0.958 bits per heavy atom. The van der Waals surface area contributed by atoms with Crippen LogP contribution in [0.3, 0.4) is 0 Å². The third kappa shape index (κ3) is 3.62. The maximum atomic E-state index is 11.9. The number of nitrogens with zero attached hydrogens (tertiary/aromatic N) is 2. The molecule has 0 aliphatic carbocycles. The normalized spacial score (nSPS) is 10.2. The molecule has 0 aliphatic heterocycles. The Kier molecular flexibility index (Phi) is 4.59. The van der Waals surface area contributed by atoms with E-state index >= 15 is 0 Å². The van der Waals surface area contributed by atoms with Crippen molar-refractivity contribution < 1.29 is 18.8 Å². The molecule has 3 aromatic rings. The summed E-state index contributed by atoms with van der Waals surface area (Å²) in [4.78, 5) is 36.0. The average Bonchev–Trinajstić information content (AvgIpc) is 3.17. The van der Waals surface area contributed by atoms with Gasteiger partial charge < -0.3 is 9.25 Å². The topological polar surface area (TPSA) is 106 Å². The highest BCUT2D eigenvalue weighted by molar-refractivity contribution is 5.94. The van der Waals surface area contributed by atoms with Crippen molar-refractivity contribution in [1.82, 2.24) is 21.0 Å². The fraction of sp³-hybridized carbons (Fsp3) is 0. The van der Waals surface area contributed by atoms with E-state index in [4.69, 9.17) is 9.25 Å². The fourth-order valence-corrected chi connectivity index (χ4v) is 1.88. The van der Waals surface area contributed by atoms with Crippen LogP contribution < -0.4 is 11.0 Å². The number of hydrogen-bond donors (Lipinski definition) is 2. The van der Waals surface area contributed by atoms with E-state index in [-0.39, 0.29) is 0 Å². The number of aromatic nitrogens is 2. The van der Waals surface area contributed by atoms with E-state index in [0.29, 0.717) is 16.9 Å². The number of benzene rings is 1. The molecular weight excluding hydrogens is 312 g/mol. The minimum absolute atomic E-state index is 0.308. The van der Waals surface area contributed by atoms with Gasteiger partial charge in [0.1, 0.15) is 0 Å². The molecule has 3 rings (SSSR count). The minimum atomic E-state index is -0.640. The second kappa shape index (κ2) is 7.16. The smallest absolute Gasteiger partial charge is 0.358 e. The van der Waals surface area contributed by atoms with Gasteiger partial charge in [0.15, 0.2) is 12.2 Å². The maximum absolute atomic E-state index is 11.9. The van der Waals surface area contributed by atoms with E-state index in [1.807, 2.05) is 0 Å². The Labute approximate surface area is 136 Å². The van der Waals surface area contributed by atoms with Crippen LogP contribution in [-0.2, 0) is 4.84 Å². The second-order valence-electron chi connectivity index (χ2n) is 4.62. The first-order valence-corrected chi connectivity index (χ1v) is 6.89. The lowest BCUT2D eigenvalue weighted by Crippen LogP contribution is -2.38. The summed E-state index contributed by atoms with van der Waals surface area (Å²) in [7, 11) is 0. The largest absolute Gasteiger partial charge is 0.444 e. The van der Waals surface area contributed by atoms with Crippen LogP contribution in [0.1, 0.15) is 20.7 Å². The second-order valence-corrected chi connectivity index (χ2v) is 4.62. The van der Waals surface area contributed by atoms with Crippen molar-refractivity contribution >= 4 is 11.9 Å². The molecule has 0 spiro atoms. The predicted molar refractivity (Wildman–Crippen MR) is 82.2 cm³/mol. The molecule has 2 heterocycles. The van der Waals surface area contributed by atoms with E-state index < -0.39 is 11.9 Å². The Morgan fingerprint density at radius 2 is 1.71 bits per heavy atom. The lowest BCUT2D eigenvalue weighted by molar-refractivity contribution is 0.0137. The van der Waals surface area contributed by atoms with E-state index in [1.165, 1.54) is 30.9 Å². The van der Waals surface area contributed by atoms with Gasteiger partial charge in [0.2, 0.25) is 0 Å². The number of carbonyl (C=O) groups excluding carboxylic acids is 2. The summed E-state index contributed by atoms with van der Waals surface area (Å²) in [5.41, 5.74) is 5.88. The van der Waals surface area contributed by atoms with Crippen LogP contribution in [0.5, 0.6) is 0 Å². The van der Waals surface area contributed by atoms with Crippen LogP contribution in [-0.4, -0.2) is 21.8 Å². The lowest BCUT2D eigenvalue weighted by atomic mass is 10.1. The van der Waals surface area contributed by atoms with Gasteiger partial charge in [0.25, 0.3) is 5.91 Å². The van der Waals surface area contributed by atoms with E-state index in [0.717, 1.165) is 5.56 Å². The van der Waals surface area contributed by atoms with Crippen molar-refractivity contribution in [3.05, 3.63) is 72.5 Å². The summed E-state index contributed by atoms with van der Waals surface area (Å²) in [6.07, 6.45) is 5.84. The number of hydrazine groups is 1. The first-order chi connectivity index (χ1) is 11.7. The Hall–Kier alpha value is -3.52. The summed E-state index contributed by atoms with van der Waals surface area (Å²) < 4.78 is 5.17. The SMILES string of the molecule is O=C(NNOC(=O)c1ccncc1)c1ccc(-c2cnco2)cc1. The molecule has 120 valence electrons. The summed E-state index contributed by atoms with van der Waals surface area (Å²) in [6.45, 7) is 0. The zero-order valence-corrected chi connectivity index (χ0v) is 12.3. The van der Waals surface area contributed by atoms with Crippen LogP contribution in [0.25, 0.3) is 11.3 Å². The van der Waals surface area contributed by atoms with Crippen LogP contribution in [0, 0.1) is 0 Å².